The van der Waals surface area contributed by atoms with Crippen molar-refractivity contribution in [3.8, 4) is 11.3 Å². The molecule has 0 unspecified atom stereocenters. The van der Waals surface area contributed by atoms with Crippen LogP contribution in [0, 0.1) is 5.82 Å². The first-order valence-corrected chi connectivity index (χ1v) is 6.06. The number of rotatable bonds is 5. The fourth-order valence-electron chi connectivity index (χ4n) is 1.87. The van der Waals surface area contributed by atoms with Gasteiger partial charge in [-0.3, -0.25) is 0 Å². The monoisotopic (exact) mass is 249 g/mol. The molecule has 2 aromatic rings. The van der Waals surface area contributed by atoms with Crippen molar-refractivity contribution in [3.05, 3.63) is 35.8 Å². The van der Waals surface area contributed by atoms with Crippen LogP contribution in [0.4, 0.5) is 4.39 Å². The van der Waals surface area contributed by atoms with Gasteiger partial charge in [-0.25, -0.2) is 9.07 Å². The van der Waals surface area contributed by atoms with Crippen LogP contribution in [-0.2, 0) is 13.2 Å². The van der Waals surface area contributed by atoms with Crippen LogP contribution in [0.2, 0.25) is 0 Å². The fraction of sp³-hybridized carbons (Fsp3) is 0.385. The molecule has 1 aromatic heterocycles. The van der Waals surface area contributed by atoms with Crippen molar-refractivity contribution in [2.75, 3.05) is 0 Å². The second-order valence-corrected chi connectivity index (χ2v) is 4.10. The van der Waals surface area contributed by atoms with E-state index in [-0.39, 0.29) is 12.4 Å². The van der Waals surface area contributed by atoms with Crippen LogP contribution < -0.4 is 0 Å². The molecule has 0 atom stereocenters. The molecule has 18 heavy (non-hydrogen) atoms. The van der Waals surface area contributed by atoms with Gasteiger partial charge in [-0.15, -0.1) is 5.10 Å². The smallest absolute Gasteiger partial charge is 0.132 e. The number of unbranched alkanes of at least 4 members (excludes halogenated alkanes) is 1. The Bertz CT molecular complexity index is 525. The van der Waals surface area contributed by atoms with Crippen molar-refractivity contribution >= 4 is 0 Å². The summed E-state index contributed by atoms with van der Waals surface area (Å²) in [6, 6.07) is 6.47. The summed E-state index contributed by atoms with van der Waals surface area (Å²) in [6.07, 6.45) is 1.96. The maximum absolute atomic E-state index is 13.8. The normalized spacial score (nSPS) is 10.8. The van der Waals surface area contributed by atoms with Crippen LogP contribution in [0.3, 0.4) is 0 Å². The van der Waals surface area contributed by atoms with Gasteiger partial charge in [0, 0.05) is 12.1 Å². The molecular formula is C13H16FN3O. The first kappa shape index (κ1) is 12.7. The Kier molecular flexibility index (Phi) is 4.04. The first-order chi connectivity index (χ1) is 8.77. The molecule has 1 aromatic carbocycles. The van der Waals surface area contributed by atoms with Crippen LogP contribution in [0.25, 0.3) is 11.3 Å². The summed E-state index contributed by atoms with van der Waals surface area (Å²) in [7, 11) is 0. The number of aliphatic hydroxyl groups is 1. The Morgan fingerprint density at radius 1 is 1.33 bits per heavy atom. The Labute approximate surface area is 105 Å². The molecule has 0 fully saturated rings. The molecule has 0 aliphatic rings. The van der Waals surface area contributed by atoms with Crippen LogP contribution in [-0.4, -0.2) is 20.1 Å². The van der Waals surface area contributed by atoms with Crippen LogP contribution >= 0.6 is 0 Å². The fourth-order valence-corrected chi connectivity index (χ4v) is 1.87. The van der Waals surface area contributed by atoms with E-state index >= 15 is 0 Å². The Balaban J connectivity index is 2.47. The maximum Gasteiger partial charge on any atom is 0.132 e. The third-order valence-electron chi connectivity index (χ3n) is 2.81. The highest BCUT2D eigenvalue weighted by Gasteiger charge is 2.16. The number of aliphatic hydroxyl groups excluding tert-OH is 1. The third kappa shape index (κ3) is 2.41. The van der Waals surface area contributed by atoms with Crippen molar-refractivity contribution in [1.82, 2.24) is 15.0 Å². The summed E-state index contributed by atoms with van der Waals surface area (Å²) in [5.74, 6) is -0.327. The minimum Gasteiger partial charge on any atom is -0.390 e. The highest BCUT2D eigenvalue weighted by molar-refractivity contribution is 5.62. The van der Waals surface area contributed by atoms with Gasteiger partial charge in [0.2, 0.25) is 0 Å². The molecule has 4 nitrogen and oxygen atoms in total. The van der Waals surface area contributed by atoms with E-state index in [2.05, 4.69) is 17.2 Å². The summed E-state index contributed by atoms with van der Waals surface area (Å²) >= 11 is 0. The SMILES string of the molecule is CCCCn1nnc(CO)c1-c1ccccc1F. The van der Waals surface area contributed by atoms with Crippen LogP contribution in [0.5, 0.6) is 0 Å². The van der Waals surface area contributed by atoms with E-state index in [1.54, 1.807) is 22.9 Å². The largest absolute Gasteiger partial charge is 0.390 e. The van der Waals surface area contributed by atoms with Crippen LogP contribution in [0.1, 0.15) is 25.5 Å². The Hall–Kier alpha value is -1.75. The average molecular weight is 249 g/mol. The predicted octanol–water partition coefficient (Wildman–Crippen LogP) is 2.38. The second-order valence-electron chi connectivity index (χ2n) is 4.10. The Morgan fingerprint density at radius 2 is 2.11 bits per heavy atom. The minimum absolute atomic E-state index is 0.240. The standard InChI is InChI=1S/C13H16FN3O/c1-2-3-8-17-13(12(9-18)15-16-17)10-6-4-5-7-11(10)14/h4-7,18H,2-3,8-9H2,1H3. The molecule has 1 N–H and O–H groups in total. The number of halogens is 1. The predicted molar refractivity (Wildman–Crippen MR) is 66.2 cm³/mol. The van der Waals surface area contributed by atoms with Crippen molar-refractivity contribution < 1.29 is 9.50 Å². The van der Waals surface area contributed by atoms with Gasteiger partial charge in [0.1, 0.15) is 11.5 Å². The lowest BCUT2D eigenvalue weighted by Gasteiger charge is -2.08. The quantitative estimate of drug-likeness (QED) is 0.885. The zero-order valence-corrected chi connectivity index (χ0v) is 10.3. The number of nitrogens with zero attached hydrogens (tertiary/aromatic N) is 3. The molecule has 0 aliphatic carbocycles. The van der Waals surface area contributed by atoms with Gasteiger partial charge >= 0.3 is 0 Å². The molecule has 96 valence electrons. The molecule has 0 saturated carbocycles. The van der Waals surface area contributed by atoms with E-state index < -0.39 is 0 Å². The average Bonchev–Trinajstić information content (AvgIpc) is 2.79. The summed E-state index contributed by atoms with van der Waals surface area (Å²) in [5.41, 5.74) is 1.42. The highest BCUT2D eigenvalue weighted by atomic mass is 19.1. The number of benzene rings is 1. The van der Waals surface area contributed by atoms with Crippen LogP contribution in [0.15, 0.2) is 24.3 Å². The van der Waals surface area contributed by atoms with Gasteiger partial charge < -0.3 is 5.11 Å². The van der Waals surface area contributed by atoms with Crippen molar-refractivity contribution in [2.45, 2.75) is 32.9 Å². The van der Waals surface area contributed by atoms with Crippen molar-refractivity contribution in [2.24, 2.45) is 0 Å². The second kappa shape index (κ2) is 5.73. The van der Waals surface area contributed by atoms with Gasteiger partial charge in [0.05, 0.1) is 12.3 Å². The minimum atomic E-state index is -0.327. The molecular weight excluding hydrogens is 233 g/mol. The highest BCUT2D eigenvalue weighted by Crippen LogP contribution is 2.25. The van der Waals surface area contributed by atoms with E-state index in [1.165, 1.54) is 6.07 Å². The van der Waals surface area contributed by atoms with Gasteiger partial charge in [-0.1, -0.05) is 30.7 Å². The molecule has 0 bridgehead atoms. The summed E-state index contributed by atoms with van der Waals surface area (Å²) in [4.78, 5) is 0. The zero-order chi connectivity index (χ0) is 13.0. The lowest BCUT2D eigenvalue weighted by Crippen LogP contribution is -2.04. The van der Waals surface area contributed by atoms with Gasteiger partial charge in [0.25, 0.3) is 0 Å². The van der Waals surface area contributed by atoms with Gasteiger partial charge in [-0.05, 0) is 18.6 Å². The molecule has 0 aliphatic heterocycles. The van der Waals surface area contributed by atoms with Crippen molar-refractivity contribution in [3.63, 3.8) is 0 Å². The number of aromatic nitrogens is 3. The third-order valence-corrected chi connectivity index (χ3v) is 2.81. The van der Waals surface area contributed by atoms with Gasteiger partial charge in [-0.2, -0.15) is 0 Å². The van der Waals surface area contributed by atoms with E-state index in [0.717, 1.165) is 12.8 Å². The first-order valence-electron chi connectivity index (χ1n) is 6.06. The molecule has 0 saturated heterocycles. The summed E-state index contributed by atoms with van der Waals surface area (Å²) in [5, 5.41) is 17.2. The topological polar surface area (TPSA) is 50.9 Å². The molecule has 2 rings (SSSR count). The molecule has 5 heteroatoms. The van der Waals surface area contributed by atoms with E-state index in [0.29, 0.717) is 23.5 Å². The zero-order valence-electron chi connectivity index (χ0n) is 10.3. The summed E-state index contributed by atoms with van der Waals surface area (Å²) in [6.45, 7) is 2.51. The van der Waals surface area contributed by atoms with Gasteiger partial charge in [0.15, 0.2) is 0 Å². The molecule has 0 spiro atoms. The van der Waals surface area contributed by atoms with E-state index in [1.807, 2.05) is 0 Å². The number of aryl methyl sites for hydroxylation is 1. The van der Waals surface area contributed by atoms with E-state index in [9.17, 15) is 9.50 Å². The van der Waals surface area contributed by atoms with E-state index in [4.69, 9.17) is 0 Å². The number of hydrogen-bond acceptors (Lipinski definition) is 3. The maximum atomic E-state index is 13.8. The summed E-state index contributed by atoms with van der Waals surface area (Å²) < 4.78 is 15.5. The molecule has 0 amide bonds. The Morgan fingerprint density at radius 3 is 2.78 bits per heavy atom. The van der Waals surface area contributed by atoms with Crippen molar-refractivity contribution in [1.29, 1.82) is 0 Å². The molecule has 0 radical (unpaired) electrons. The lowest BCUT2D eigenvalue weighted by atomic mass is 10.1. The molecule has 1 heterocycles. The lowest BCUT2D eigenvalue weighted by molar-refractivity contribution is 0.277. The number of hydrogen-bond donors (Lipinski definition) is 1.